The maximum Gasteiger partial charge on any atom is 0.125 e. The molecule has 0 aliphatic rings. The number of hydrogen-bond acceptors (Lipinski definition) is 2. The van der Waals surface area contributed by atoms with Gasteiger partial charge in [0.25, 0.3) is 0 Å². The molecular weight excluding hydrogens is 174 g/mol. The number of benzene rings is 1. The van der Waals surface area contributed by atoms with Crippen molar-refractivity contribution in [2.75, 3.05) is 0 Å². The van der Waals surface area contributed by atoms with E-state index in [0.29, 0.717) is 0 Å². The highest BCUT2D eigenvalue weighted by Gasteiger charge is 2.11. The largest absolute Gasteiger partial charge is 0.464 e. The summed E-state index contributed by atoms with van der Waals surface area (Å²) >= 11 is 0. The second-order valence-corrected chi connectivity index (χ2v) is 3.34. The zero-order valence-electron chi connectivity index (χ0n) is 8.10. The van der Waals surface area contributed by atoms with Crippen molar-refractivity contribution in [1.29, 1.82) is 0 Å². The summed E-state index contributed by atoms with van der Waals surface area (Å²) in [5.74, 6) is 1.71. The first-order valence-corrected chi connectivity index (χ1v) is 4.64. The number of rotatable bonds is 2. The van der Waals surface area contributed by atoms with Crippen LogP contribution in [0, 0.1) is 6.92 Å². The summed E-state index contributed by atoms with van der Waals surface area (Å²) in [4.78, 5) is 0. The Kier molecular flexibility index (Phi) is 2.37. The third-order valence-electron chi connectivity index (χ3n) is 2.23. The molecule has 0 saturated carbocycles. The first-order chi connectivity index (χ1) is 6.77. The molecule has 2 N–H and O–H groups in total. The van der Waals surface area contributed by atoms with Crippen molar-refractivity contribution in [2.24, 2.45) is 5.73 Å². The predicted molar refractivity (Wildman–Crippen MR) is 55.9 cm³/mol. The molecule has 0 aliphatic carbocycles. The van der Waals surface area contributed by atoms with Gasteiger partial charge < -0.3 is 10.2 Å². The molecule has 1 heterocycles. The molecule has 0 bridgehead atoms. The Morgan fingerprint density at radius 3 is 2.36 bits per heavy atom. The Morgan fingerprint density at radius 1 is 1.07 bits per heavy atom. The van der Waals surface area contributed by atoms with Crippen molar-refractivity contribution >= 4 is 0 Å². The number of nitrogens with two attached hydrogens (primary N) is 1. The summed E-state index contributed by atoms with van der Waals surface area (Å²) in [5, 5.41) is 0. The molecule has 0 fully saturated rings. The van der Waals surface area contributed by atoms with Gasteiger partial charge in [-0.25, -0.2) is 0 Å². The van der Waals surface area contributed by atoms with Crippen LogP contribution in [-0.4, -0.2) is 0 Å². The maximum absolute atomic E-state index is 6.04. The first kappa shape index (κ1) is 9.03. The SMILES string of the molecule is Cc1ccc(C(N)c2ccccc2)o1. The molecule has 0 saturated heterocycles. The average molecular weight is 187 g/mol. The molecule has 72 valence electrons. The minimum Gasteiger partial charge on any atom is -0.464 e. The zero-order chi connectivity index (χ0) is 9.97. The van der Waals surface area contributed by atoms with Gasteiger partial charge in [-0.3, -0.25) is 0 Å². The van der Waals surface area contributed by atoms with Crippen LogP contribution in [0.15, 0.2) is 46.9 Å². The Balaban J connectivity index is 2.29. The molecular formula is C12H13NO. The van der Waals surface area contributed by atoms with Crippen molar-refractivity contribution in [3.8, 4) is 0 Å². The molecule has 1 aromatic heterocycles. The number of hydrogen-bond donors (Lipinski definition) is 1. The van der Waals surface area contributed by atoms with Gasteiger partial charge in [0.1, 0.15) is 11.5 Å². The van der Waals surface area contributed by atoms with E-state index in [4.69, 9.17) is 10.2 Å². The molecule has 0 spiro atoms. The molecule has 1 aromatic carbocycles. The van der Waals surface area contributed by atoms with Gasteiger partial charge in [0, 0.05) is 0 Å². The molecule has 14 heavy (non-hydrogen) atoms. The van der Waals surface area contributed by atoms with Crippen molar-refractivity contribution in [3.05, 3.63) is 59.5 Å². The van der Waals surface area contributed by atoms with Gasteiger partial charge in [-0.2, -0.15) is 0 Å². The highest BCUT2D eigenvalue weighted by atomic mass is 16.3. The summed E-state index contributed by atoms with van der Waals surface area (Å²) in [7, 11) is 0. The number of aryl methyl sites for hydroxylation is 1. The Bertz CT molecular complexity index is 405. The second kappa shape index (κ2) is 3.68. The van der Waals surface area contributed by atoms with Gasteiger partial charge in [0.15, 0.2) is 0 Å². The van der Waals surface area contributed by atoms with Crippen LogP contribution in [0.3, 0.4) is 0 Å². The van der Waals surface area contributed by atoms with Gasteiger partial charge in [0.05, 0.1) is 6.04 Å². The lowest BCUT2D eigenvalue weighted by atomic mass is 10.1. The summed E-state index contributed by atoms with van der Waals surface area (Å²) < 4.78 is 5.47. The van der Waals surface area contributed by atoms with Crippen LogP contribution < -0.4 is 5.73 Å². The van der Waals surface area contributed by atoms with E-state index in [1.54, 1.807) is 0 Å². The third kappa shape index (κ3) is 1.70. The van der Waals surface area contributed by atoms with Crippen molar-refractivity contribution < 1.29 is 4.42 Å². The van der Waals surface area contributed by atoms with Crippen LogP contribution in [0.5, 0.6) is 0 Å². The fourth-order valence-corrected chi connectivity index (χ4v) is 1.45. The first-order valence-electron chi connectivity index (χ1n) is 4.64. The van der Waals surface area contributed by atoms with E-state index in [1.807, 2.05) is 49.4 Å². The Morgan fingerprint density at radius 2 is 1.79 bits per heavy atom. The summed E-state index contributed by atoms with van der Waals surface area (Å²) in [6.45, 7) is 1.92. The molecule has 1 unspecified atom stereocenters. The summed E-state index contributed by atoms with van der Waals surface area (Å²) in [6, 6.07) is 13.6. The highest BCUT2D eigenvalue weighted by Crippen LogP contribution is 2.20. The minimum atomic E-state index is -0.162. The average Bonchev–Trinajstić information content (AvgIpc) is 2.65. The van der Waals surface area contributed by atoms with Crippen LogP contribution in [0.25, 0.3) is 0 Å². The Hall–Kier alpha value is -1.54. The van der Waals surface area contributed by atoms with E-state index in [2.05, 4.69) is 0 Å². The van der Waals surface area contributed by atoms with E-state index in [1.165, 1.54) is 0 Å². The van der Waals surface area contributed by atoms with E-state index in [9.17, 15) is 0 Å². The van der Waals surface area contributed by atoms with Crippen LogP contribution in [0.4, 0.5) is 0 Å². The molecule has 0 radical (unpaired) electrons. The molecule has 1 atom stereocenters. The predicted octanol–water partition coefficient (Wildman–Crippen LogP) is 2.64. The molecule has 2 heteroatoms. The van der Waals surface area contributed by atoms with Gasteiger partial charge in [-0.05, 0) is 24.6 Å². The normalized spacial score (nSPS) is 12.7. The maximum atomic E-state index is 6.04. The van der Waals surface area contributed by atoms with Crippen molar-refractivity contribution in [3.63, 3.8) is 0 Å². The summed E-state index contributed by atoms with van der Waals surface area (Å²) in [5.41, 5.74) is 7.11. The smallest absolute Gasteiger partial charge is 0.125 e. The van der Waals surface area contributed by atoms with Gasteiger partial charge >= 0.3 is 0 Å². The lowest BCUT2D eigenvalue weighted by molar-refractivity contribution is 0.466. The third-order valence-corrected chi connectivity index (χ3v) is 2.23. The van der Waals surface area contributed by atoms with Crippen LogP contribution in [0.2, 0.25) is 0 Å². The monoisotopic (exact) mass is 187 g/mol. The van der Waals surface area contributed by atoms with Gasteiger partial charge in [-0.15, -0.1) is 0 Å². The molecule has 2 nitrogen and oxygen atoms in total. The second-order valence-electron chi connectivity index (χ2n) is 3.34. The standard InChI is InChI=1S/C12H13NO/c1-9-7-8-11(14-9)12(13)10-5-3-2-4-6-10/h2-8,12H,13H2,1H3. The number of furan rings is 1. The minimum absolute atomic E-state index is 0.162. The molecule has 2 aromatic rings. The van der Waals surface area contributed by atoms with E-state index < -0.39 is 0 Å². The van der Waals surface area contributed by atoms with Crippen molar-refractivity contribution in [1.82, 2.24) is 0 Å². The lowest BCUT2D eigenvalue weighted by Gasteiger charge is -2.08. The van der Waals surface area contributed by atoms with E-state index in [0.717, 1.165) is 17.1 Å². The quantitative estimate of drug-likeness (QED) is 0.785. The van der Waals surface area contributed by atoms with Crippen LogP contribution in [-0.2, 0) is 0 Å². The topological polar surface area (TPSA) is 39.2 Å². The molecule has 0 aliphatic heterocycles. The molecule has 2 rings (SSSR count). The van der Waals surface area contributed by atoms with E-state index >= 15 is 0 Å². The van der Waals surface area contributed by atoms with Crippen LogP contribution in [0.1, 0.15) is 23.1 Å². The lowest BCUT2D eigenvalue weighted by Crippen LogP contribution is -2.10. The van der Waals surface area contributed by atoms with E-state index in [-0.39, 0.29) is 6.04 Å². The fourth-order valence-electron chi connectivity index (χ4n) is 1.45. The van der Waals surface area contributed by atoms with Crippen LogP contribution >= 0.6 is 0 Å². The van der Waals surface area contributed by atoms with Gasteiger partial charge in [0.2, 0.25) is 0 Å². The fraction of sp³-hybridized carbons (Fsp3) is 0.167. The van der Waals surface area contributed by atoms with Crippen molar-refractivity contribution in [2.45, 2.75) is 13.0 Å². The Labute approximate surface area is 83.4 Å². The van der Waals surface area contributed by atoms with Gasteiger partial charge in [-0.1, -0.05) is 30.3 Å². The zero-order valence-corrected chi connectivity index (χ0v) is 8.10. The molecule has 0 amide bonds. The highest BCUT2D eigenvalue weighted by molar-refractivity contribution is 5.26. The summed E-state index contributed by atoms with van der Waals surface area (Å²) in [6.07, 6.45) is 0.